The Hall–Kier alpha value is -1.30. The van der Waals surface area contributed by atoms with E-state index in [2.05, 4.69) is 5.92 Å². The minimum Gasteiger partial charge on any atom is -0.465 e. The molecule has 0 N–H and O–H groups in total. The van der Waals surface area contributed by atoms with Gasteiger partial charge in [-0.1, -0.05) is 0 Å². The van der Waals surface area contributed by atoms with Crippen LogP contribution < -0.4 is 0 Å². The lowest BCUT2D eigenvalue weighted by atomic mass is 9.81. The highest BCUT2D eigenvalue weighted by Gasteiger charge is 2.48. The molecule has 0 heterocycles. The zero-order valence-electron chi connectivity index (χ0n) is 9.04. The summed E-state index contributed by atoms with van der Waals surface area (Å²) in [4.78, 5) is 23.5. The van der Waals surface area contributed by atoms with Crippen LogP contribution in [0.5, 0.6) is 0 Å². The van der Waals surface area contributed by atoms with E-state index in [1.54, 1.807) is 6.92 Å². The van der Waals surface area contributed by atoms with E-state index < -0.39 is 5.41 Å². The number of terminal acetylenes is 1. The molecular weight excluding hydrogens is 192 g/mol. The number of ketones is 1. The lowest BCUT2D eigenvalue weighted by Gasteiger charge is -2.23. The Balaban J connectivity index is 2.81. The van der Waals surface area contributed by atoms with E-state index in [-0.39, 0.29) is 11.8 Å². The topological polar surface area (TPSA) is 43.4 Å². The first-order valence-electron chi connectivity index (χ1n) is 5.31. The van der Waals surface area contributed by atoms with Gasteiger partial charge in [0.1, 0.15) is 11.2 Å². The van der Waals surface area contributed by atoms with Crippen LogP contribution in [-0.4, -0.2) is 18.4 Å². The predicted molar refractivity (Wildman–Crippen MR) is 56.0 cm³/mol. The van der Waals surface area contributed by atoms with Crippen LogP contribution in [0.15, 0.2) is 0 Å². The molecule has 0 spiro atoms. The molecule has 1 aliphatic carbocycles. The van der Waals surface area contributed by atoms with Crippen LogP contribution in [0.3, 0.4) is 0 Å². The number of carbonyl (C=O) groups excluding carboxylic acids is 2. The largest absolute Gasteiger partial charge is 0.465 e. The molecule has 1 atom stereocenters. The van der Waals surface area contributed by atoms with E-state index in [4.69, 9.17) is 11.2 Å². The second-order valence-corrected chi connectivity index (χ2v) is 3.78. The van der Waals surface area contributed by atoms with Crippen molar-refractivity contribution in [1.82, 2.24) is 0 Å². The normalized spacial score (nSPS) is 24.9. The molecular formula is C12H16O3. The Bertz CT molecular complexity index is 300. The van der Waals surface area contributed by atoms with Gasteiger partial charge in [-0.15, -0.1) is 12.3 Å². The molecule has 1 rings (SSSR count). The molecule has 0 aromatic carbocycles. The standard InChI is InChI=1S/C12H16O3/c1-3-5-8-12(11(14)15-4-2)9-6-7-10(12)13/h1H,4-9H2,2H3. The monoisotopic (exact) mass is 208 g/mol. The van der Waals surface area contributed by atoms with Crippen molar-refractivity contribution in [3.8, 4) is 12.3 Å². The van der Waals surface area contributed by atoms with E-state index in [0.717, 1.165) is 6.42 Å². The second kappa shape index (κ2) is 4.97. The summed E-state index contributed by atoms with van der Waals surface area (Å²) in [5.74, 6) is 2.09. The molecule has 0 aliphatic heterocycles. The maximum Gasteiger partial charge on any atom is 0.319 e. The zero-order chi connectivity index (χ0) is 11.3. The van der Waals surface area contributed by atoms with Gasteiger partial charge in [0.25, 0.3) is 0 Å². The van der Waals surface area contributed by atoms with Gasteiger partial charge in [0.15, 0.2) is 0 Å². The third-order valence-corrected chi connectivity index (χ3v) is 2.90. The van der Waals surface area contributed by atoms with Crippen LogP contribution in [0.25, 0.3) is 0 Å². The summed E-state index contributed by atoms with van der Waals surface area (Å²) in [6.07, 6.45) is 7.88. The van der Waals surface area contributed by atoms with Gasteiger partial charge in [-0.3, -0.25) is 9.59 Å². The summed E-state index contributed by atoms with van der Waals surface area (Å²) in [5, 5.41) is 0. The van der Waals surface area contributed by atoms with E-state index >= 15 is 0 Å². The number of hydrogen-bond acceptors (Lipinski definition) is 3. The summed E-state index contributed by atoms with van der Waals surface area (Å²) >= 11 is 0. The molecule has 0 saturated heterocycles. The molecule has 0 aromatic heterocycles. The SMILES string of the molecule is C#CCCC1(C(=O)OCC)CCCC1=O. The Labute approximate surface area is 90.2 Å². The summed E-state index contributed by atoms with van der Waals surface area (Å²) in [7, 11) is 0. The minimum atomic E-state index is -0.928. The third kappa shape index (κ3) is 2.20. The van der Waals surface area contributed by atoms with Crippen molar-refractivity contribution in [2.75, 3.05) is 6.61 Å². The molecule has 3 nitrogen and oxygen atoms in total. The van der Waals surface area contributed by atoms with E-state index in [1.807, 2.05) is 0 Å². The van der Waals surface area contributed by atoms with Crippen LogP contribution in [0.2, 0.25) is 0 Å². The molecule has 15 heavy (non-hydrogen) atoms. The van der Waals surface area contributed by atoms with Gasteiger partial charge in [-0.05, 0) is 26.2 Å². The average molecular weight is 208 g/mol. The number of esters is 1. The van der Waals surface area contributed by atoms with Crippen molar-refractivity contribution in [2.45, 2.75) is 39.0 Å². The van der Waals surface area contributed by atoms with Crippen LogP contribution in [0.1, 0.15) is 39.0 Å². The van der Waals surface area contributed by atoms with Crippen LogP contribution in [0, 0.1) is 17.8 Å². The van der Waals surface area contributed by atoms with Gasteiger partial charge >= 0.3 is 5.97 Å². The second-order valence-electron chi connectivity index (χ2n) is 3.78. The van der Waals surface area contributed by atoms with Crippen LogP contribution in [0.4, 0.5) is 0 Å². The summed E-state index contributed by atoms with van der Waals surface area (Å²) in [6.45, 7) is 2.05. The maximum atomic E-state index is 11.8. The Morgan fingerprint density at radius 2 is 2.40 bits per heavy atom. The predicted octanol–water partition coefficient (Wildman–Crippen LogP) is 1.70. The van der Waals surface area contributed by atoms with Gasteiger partial charge < -0.3 is 4.74 Å². The molecule has 1 aliphatic rings. The summed E-state index contributed by atoms with van der Waals surface area (Å²) in [5.41, 5.74) is -0.928. The minimum absolute atomic E-state index is 0.00352. The van der Waals surface area contributed by atoms with Crippen molar-refractivity contribution in [3.05, 3.63) is 0 Å². The van der Waals surface area contributed by atoms with Crippen LogP contribution >= 0.6 is 0 Å². The van der Waals surface area contributed by atoms with Crippen molar-refractivity contribution in [1.29, 1.82) is 0 Å². The van der Waals surface area contributed by atoms with E-state index in [1.165, 1.54) is 0 Å². The Morgan fingerprint density at radius 3 is 2.87 bits per heavy atom. The smallest absolute Gasteiger partial charge is 0.319 e. The van der Waals surface area contributed by atoms with Crippen molar-refractivity contribution >= 4 is 11.8 Å². The average Bonchev–Trinajstić information content (AvgIpc) is 2.58. The van der Waals surface area contributed by atoms with E-state index in [9.17, 15) is 9.59 Å². The molecule has 0 bridgehead atoms. The first kappa shape index (κ1) is 11.8. The van der Waals surface area contributed by atoms with Gasteiger partial charge in [0.05, 0.1) is 6.61 Å². The quantitative estimate of drug-likeness (QED) is 0.401. The highest BCUT2D eigenvalue weighted by molar-refractivity contribution is 6.05. The summed E-state index contributed by atoms with van der Waals surface area (Å²) < 4.78 is 4.97. The molecule has 0 amide bonds. The van der Waals surface area contributed by atoms with Gasteiger partial charge in [-0.25, -0.2) is 0 Å². The highest BCUT2D eigenvalue weighted by Crippen LogP contribution is 2.40. The maximum absolute atomic E-state index is 11.8. The Morgan fingerprint density at radius 1 is 1.67 bits per heavy atom. The summed E-state index contributed by atoms with van der Waals surface area (Å²) in [6, 6.07) is 0. The fraction of sp³-hybridized carbons (Fsp3) is 0.667. The van der Waals surface area contributed by atoms with Gasteiger partial charge in [0.2, 0.25) is 0 Å². The molecule has 0 aromatic rings. The number of carbonyl (C=O) groups is 2. The number of ether oxygens (including phenoxy) is 1. The number of Topliss-reactive ketones (excluding diaryl/α,β-unsaturated/α-hetero) is 1. The lowest BCUT2D eigenvalue weighted by molar-refractivity contribution is -0.159. The first-order valence-corrected chi connectivity index (χ1v) is 5.31. The lowest BCUT2D eigenvalue weighted by Crippen LogP contribution is -2.36. The first-order chi connectivity index (χ1) is 7.17. The fourth-order valence-electron chi connectivity index (χ4n) is 2.07. The highest BCUT2D eigenvalue weighted by atomic mass is 16.5. The molecule has 1 unspecified atom stereocenters. The molecule has 3 heteroatoms. The van der Waals surface area contributed by atoms with Crippen molar-refractivity contribution in [3.63, 3.8) is 0 Å². The van der Waals surface area contributed by atoms with Gasteiger partial charge in [-0.2, -0.15) is 0 Å². The van der Waals surface area contributed by atoms with Crippen molar-refractivity contribution in [2.24, 2.45) is 5.41 Å². The molecule has 1 saturated carbocycles. The molecule has 0 radical (unpaired) electrons. The zero-order valence-corrected chi connectivity index (χ0v) is 9.04. The molecule has 82 valence electrons. The fourth-order valence-corrected chi connectivity index (χ4v) is 2.07. The Kier molecular flexibility index (Phi) is 3.90. The van der Waals surface area contributed by atoms with E-state index in [0.29, 0.717) is 32.3 Å². The van der Waals surface area contributed by atoms with Crippen LogP contribution in [-0.2, 0) is 14.3 Å². The molecule has 1 fully saturated rings. The van der Waals surface area contributed by atoms with Gasteiger partial charge in [0, 0.05) is 12.8 Å². The van der Waals surface area contributed by atoms with Crippen molar-refractivity contribution < 1.29 is 14.3 Å². The number of hydrogen-bond donors (Lipinski definition) is 0. The number of rotatable bonds is 4. The third-order valence-electron chi connectivity index (χ3n) is 2.90.